The van der Waals surface area contributed by atoms with Gasteiger partial charge in [0.05, 0.1) is 0 Å². The summed E-state index contributed by atoms with van der Waals surface area (Å²) in [6.45, 7) is 10.5. The molecule has 2 aliphatic rings. The zero-order valence-corrected chi connectivity index (χ0v) is 18.1. The molecule has 5 nitrogen and oxygen atoms in total. The minimum Gasteiger partial charge on any atom is -0.303 e. The van der Waals surface area contributed by atoms with Gasteiger partial charge in [-0.3, -0.25) is 4.98 Å². The van der Waals surface area contributed by atoms with Crippen LogP contribution in [0.4, 0.5) is 13.2 Å². The van der Waals surface area contributed by atoms with Gasteiger partial charge in [-0.1, -0.05) is 20.8 Å². The summed E-state index contributed by atoms with van der Waals surface area (Å²) in [6.07, 6.45) is 0.0664. The summed E-state index contributed by atoms with van der Waals surface area (Å²) in [5, 5.41) is 0. The van der Waals surface area contributed by atoms with Gasteiger partial charge in [-0.15, -0.1) is 0 Å². The van der Waals surface area contributed by atoms with Crippen molar-refractivity contribution in [2.24, 2.45) is 10.8 Å². The predicted octanol–water partition coefficient (Wildman–Crippen LogP) is 4.01. The van der Waals surface area contributed by atoms with Crippen LogP contribution in [0.1, 0.15) is 52.1 Å². The Hall–Kier alpha value is -1.19. The second-order valence-electron chi connectivity index (χ2n) is 9.62. The van der Waals surface area contributed by atoms with Gasteiger partial charge in [0.2, 0.25) is 10.0 Å². The Balaban J connectivity index is 1.62. The smallest absolute Gasteiger partial charge is 0.303 e. The standard InChI is InChI=1S/C20H30F3N3O2S/c1-18(2,3)6-10-25-11-7-19(8-12-25)9-13-26(15-19)29(27,28)16-4-5-17(24-14-16)20(21,22)23/h4-5,14H,6-13,15H2,1-3H3. The topological polar surface area (TPSA) is 53.5 Å². The van der Waals surface area contributed by atoms with Crippen molar-refractivity contribution in [3.05, 3.63) is 24.0 Å². The van der Waals surface area contributed by atoms with E-state index in [-0.39, 0.29) is 10.3 Å². The molecule has 0 unspecified atom stereocenters. The second kappa shape index (κ2) is 7.81. The maximum absolute atomic E-state index is 12.9. The summed E-state index contributed by atoms with van der Waals surface area (Å²) in [5.74, 6) is 0. The SMILES string of the molecule is CC(C)(C)CCN1CCC2(CC1)CCN(S(=O)(=O)c1ccc(C(F)(F)F)nc1)C2. The van der Waals surface area contributed by atoms with Crippen LogP contribution in [0.5, 0.6) is 0 Å². The fraction of sp³-hybridized carbons (Fsp3) is 0.750. The molecule has 0 aromatic carbocycles. The highest BCUT2D eigenvalue weighted by Crippen LogP contribution is 2.42. The second-order valence-corrected chi connectivity index (χ2v) is 11.6. The first kappa shape index (κ1) is 22.5. The lowest BCUT2D eigenvalue weighted by atomic mass is 9.77. The van der Waals surface area contributed by atoms with Crippen molar-refractivity contribution < 1.29 is 21.6 Å². The Kier molecular flexibility index (Phi) is 6.06. The number of hydrogen-bond donors (Lipinski definition) is 0. The zero-order chi connectivity index (χ0) is 21.5. The number of pyridine rings is 1. The Morgan fingerprint density at radius 2 is 1.69 bits per heavy atom. The van der Waals surface area contributed by atoms with Crippen LogP contribution in [0.2, 0.25) is 0 Å². The fourth-order valence-corrected chi connectivity index (χ4v) is 5.60. The van der Waals surface area contributed by atoms with Gasteiger partial charge >= 0.3 is 6.18 Å². The number of piperidine rings is 1. The summed E-state index contributed by atoms with van der Waals surface area (Å²) in [5.41, 5.74) is -0.815. The van der Waals surface area contributed by atoms with Gasteiger partial charge in [0.25, 0.3) is 0 Å². The van der Waals surface area contributed by atoms with Crippen molar-refractivity contribution >= 4 is 10.0 Å². The Morgan fingerprint density at radius 3 is 2.21 bits per heavy atom. The van der Waals surface area contributed by atoms with E-state index >= 15 is 0 Å². The minimum absolute atomic E-state index is 0.0232. The highest BCUT2D eigenvalue weighted by atomic mass is 32.2. The number of alkyl halides is 3. The molecule has 3 heterocycles. The summed E-state index contributed by atoms with van der Waals surface area (Å²) in [6, 6.07) is 1.73. The van der Waals surface area contributed by atoms with Crippen LogP contribution in [-0.2, 0) is 16.2 Å². The molecule has 1 aromatic rings. The minimum atomic E-state index is -4.58. The van der Waals surface area contributed by atoms with Gasteiger partial charge in [-0.25, -0.2) is 8.42 Å². The van der Waals surface area contributed by atoms with Crippen LogP contribution in [0, 0.1) is 10.8 Å². The van der Waals surface area contributed by atoms with E-state index in [1.807, 2.05) is 0 Å². The maximum Gasteiger partial charge on any atom is 0.433 e. The van der Waals surface area contributed by atoms with Crippen molar-refractivity contribution in [2.45, 2.75) is 57.5 Å². The number of halogens is 3. The largest absolute Gasteiger partial charge is 0.433 e. The number of hydrogen-bond acceptors (Lipinski definition) is 4. The molecule has 2 saturated heterocycles. The molecule has 2 fully saturated rings. The van der Waals surface area contributed by atoms with Crippen LogP contribution in [0.15, 0.2) is 23.2 Å². The van der Waals surface area contributed by atoms with Gasteiger partial charge < -0.3 is 4.90 Å². The van der Waals surface area contributed by atoms with Crippen LogP contribution in [0.3, 0.4) is 0 Å². The predicted molar refractivity (Wildman–Crippen MR) is 105 cm³/mol. The van der Waals surface area contributed by atoms with Crippen LogP contribution >= 0.6 is 0 Å². The lowest BCUT2D eigenvalue weighted by Crippen LogP contribution is -2.43. The molecule has 0 amide bonds. The molecule has 0 saturated carbocycles. The van der Waals surface area contributed by atoms with E-state index in [0.29, 0.717) is 18.5 Å². The first-order valence-corrected chi connectivity index (χ1v) is 11.5. The van der Waals surface area contributed by atoms with E-state index in [9.17, 15) is 21.6 Å². The van der Waals surface area contributed by atoms with E-state index in [1.54, 1.807) is 0 Å². The molecule has 0 aliphatic carbocycles. The number of nitrogens with zero attached hydrogens (tertiary/aromatic N) is 3. The third-order valence-electron chi connectivity index (χ3n) is 6.16. The molecule has 0 bridgehead atoms. The average molecular weight is 434 g/mol. The van der Waals surface area contributed by atoms with Gasteiger partial charge in [0.15, 0.2) is 0 Å². The normalized spacial score (nSPS) is 21.7. The molecular formula is C20H30F3N3O2S. The fourth-order valence-electron chi connectivity index (χ4n) is 4.10. The van der Waals surface area contributed by atoms with Crippen LogP contribution in [-0.4, -0.2) is 55.3 Å². The van der Waals surface area contributed by atoms with Crippen molar-refractivity contribution in [3.8, 4) is 0 Å². The quantitative estimate of drug-likeness (QED) is 0.720. The Morgan fingerprint density at radius 1 is 1.07 bits per heavy atom. The molecule has 1 spiro atoms. The molecule has 0 N–H and O–H groups in total. The zero-order valence-electron chi connectivity index (χ0n) is 17.3. The number of aromatic nitrogens is 1. The van der Waals surface area contributed by atoms with Crippen molar-refractivity contribution in [2.75, 3.05) is 32.7 Å². The van der Waals surface area contributed by atoms with Crippen molar-refractivity contribution in [1.82, 2.24) is 14.2 Å². The monoisotopic (exact) mass is 433 g/mol. The van der Waals surface area contributed by atoms with Crippen molar-refractivity contribution in [1.29, 1.82) is 0 Å². The lowest BCUT2D eigenvalue weighted by Gasteiger charge is -2.40. The highest BCUT2D eigenvalue weighted by Gasteiger charge is 2.44. The summed E-state index contributed by atoms with van der Waals surface area (Å²) >= 11 is 0. The molecule has 0 radical (unpaired) electrons. The van der Waals surface area contributed by atoms with E-state index in [1.165, 1.54) is 4.31 Å². The van der Waals surface area contributed by atoms with Crippen LogP contribution in [0.25, 0.3) is 0 Å². The molecule has 3 rings (SSSR count). The molecular weight excluding hydrogens is 403 g/mol. The Labute approximate surface area is 171 Å². The summed E-state index contributed by atoms with van der Waals surface area (Å²) < 4.78 is 65.2. The van der Waals surface area contributed by atoms with Gasteiger partial charge in [-0.2, -0.15) is 17.5 Å². The first-order valence-electron chi connectivity index (χ1n) is 10.1. The molecule has 9 heteroatoms. The third-order valence-corrected chi connectivity index (χ3v) is 7.99. The van der Waals surface area contributed by atoms with Crippen molar-refractivity contribution in [3.63, 3.8) is 0 Å². The molecule has 164 valence electrons. The van der Waals surface area contributed by atoms with E-state index < -0.39 is 21.9 Å². The van der Waals surface area contributed by atoms with Gasteiger partial charge in [0, 0.05) is 19.3 Å². The maximum atomic E-state index is 12.9. The van der Waals surface area contributed by atoms with Crippen LogP contribution < -0.4 is 0 Å². The molecule has 29 heavy (non-hydrogen) atoms. The summed E-state index contributed by atoms with van der Waals surface area (Å²) in [4.78, 5) is 5.58. The van der Waals surface area contributed by atoms with E-state index in [0.717, 1.165) is 63.6 Å². The molecule has 1 aromatic heterocycles. The molecule has 0 atom stereocenters. The first-order chi connectivity index (χ1) is 13.3. The van der Waals surface area contributed by atoms with Gasteiger partial charge in [-0.05, 0) is 68.3 Å². The average Bonchev–Trinajstić information content (AvgIpc) is 3.05. The van der Waals surface area contributed by atoms with Gasteiger partial charge in [0.1, 0.15) is 10.6 Å². The highest BCUT2D eigenvalue weighted by molar-refractivity contribution is 7.89. The lowest BCUT2D eigenvalue weighted by molar-refractivity contribution is -0.141. The number of likely N-dealkylation sites (tertiary alicyclic amines) is 1. The number of sulfonamides is 1. The number of rotatable bonds is 4. The Bertz CT molecular complexity index is 809. The third kappa shape index (κ3) is 5.30. The molecule has 2 aliphatic heterocycles. The summed E-state index contributed by atoms with van der Waals surface area (Å²) in [7, 11) is -3.83. The van der Waals surface area contributed by atoms with E-state index in [2.05, 4.69) is 30.7 Å². The van der Waals surface area contributed by atoms with E-state index in [4.69, 9.17) is 0 Å².